The normalized spacial score (nSPS) is 12.2. The summed E-state index contributed by atoms with van der Waals surface area (Å²) in [6.07, 6.45) is 1.77. The summed E-state index contributed by atoms with van der Waals surface area (Å²) in [7, 11) is 0. The van der Waals surface area contributed by atoms with E-state index >= 15 is 0 Å². The molecule has 1 aliphatic heterocycles. The molecule has 0 atom stereocenters. The molecule has 0 radical (unpaired) electrons. The Morgan fingerprint density at radius 1 is 0.905 bits per heavy atom. The highest BCUT2D eigenvalue weighted by atomic mass is 16.6. The zero-order valence-corrected chi connectivity index (χ0v) is 10.6. The molecule has 0 aromatic heterocycles. The van der Waals surface area contributed by atoms with Gasteiger partial charge < -0.3 is 14.2 Å². The number of hydrogen-bond donors (Lipinski definition) is 0. The van der Waals surface area contributed by atoms with E-state index in [0.717, 1.165) is 24.3 Å². The molecule has 0 saturated carbocycles. The standard InChI is InChI=1S/C14H8O7/c1-3-11(15)19-9-5-7-8(14(18)21-13(7)17)6-10(9)20-12(16)4-2/h3-6H,1-2H2. The number of cyclic esters (lactones) is 2. The fourth-order valence-corrected chi connectivity index (χ4v) is 1.55. The van der Waals surface area contributed by atoms with Gasteiger partial charge in [0.2, 0.25) is 0 Å². The lowest BCUT2D eigenvalue weighted by atomic mass is 10.1. The van der Waals surface area contributed by atoms with Crippen molar-refractivity contribution in [3.8, 4) is 11.5 Å². The second-order valence-corrected chi connectivity index (χ2v) is 3.77. The average Bonchev–Trinajstić information content (AvgIpc) is 2.73. The monoisotopic (exact) mass is 288 g/mol. The van der Waals surface area contributed by atoms with Crippen LogP contribution < -0.4 is 9.47 Å². The molecule has 0 amide bonds. The van der Waals surface area contributed by atoms with Crippen molar-refractivity contribution in [2.24, 2.45) is 0 Å². The Morgan fingerprint density at radius 3 is 1.62 bits per heavy atom. The van der Waals surface area contributed by atoms with Crippen LogP contribution in [0.3, 0.4) is 0 Å². The molecule has 0 saturated heterocycles. The molecule has 7 nitrogen and oxygen atoms in total. The van der Waals surface area contributed by atoms with E-state index in [-0.39, 0.29) is 22.6 Å². The van der Waals surface area contributed by atoms with Gasteiger partial charge in [0.25, 0.3) is 0 Å². The summed E-state index contributed by atoms with van der Waals surface area (Å²) in [4.78, 5) is 45.4. The van der Waals surface area contributed by atoms with Crippen LogP contribution >= 0.6 is 0 Å². The Morgan fingerprint density at radius 2 is 1.29 bits per heavy atom. The second-order valence-electron chi connectivity index (χ2n) is 3.77. The van der Waals surface area contributed by atoms with Gasteiger partial charge >= 0.3 is 23.9 Å². The molecule has 7 heteroatoms. The Labute approximate surface area is 118 Å². The molecule has 1 aliphatic rings. The number of esters is 4. The van der Waals surface area contributed by atoms with E-state index in [1.54, 1.807) is 0 Å². The van der Waals surface area contributed by atoms with Crippen LogP contribution in [0.1, 0.15) is 20.7 Å². The first-order valence-electron chi connectivity index (χ1n) is 5.59. The maximum absolute atomic E-state index is 11.4. The summed E-state index contributed by atoms with van der Waals surface area (Å²) in [5.74, 6) is -3.87. The minimum absolute atomic E-state index is 0.0923. The molecule has 1 aromatic rings. The molecule has 0 spiro atoms. The SMILES string of the molecule is C=CC(=O)Oc1cc2c(cc1OC(=O)C=C)C(=O)OC2=O. The predicted molar refractivity (Wildman–Crippen MR) is 67.9 cm³/mol. The molecule has 0 fully saturated rings. The number of hydrogen-bond acceptors (Lipinski definition) is 7. The molecule has 2 rings (SSSR count). The van der Waals surface area contributed by atoms with E-state index in [2.05, 4.69) is 17.9 Å². The number of fused-ring (bicyclic) bond motifs is 1. The first-order chi connectivity index (χ1) is 9.96. The average molecular weight is 288 g/mol. The van der Waals surface area contributed by atoms with Crippen LogP contribution in [-0.2, 0) is 14.3 Å². The third-order valence-corrected chi connectivity index (χ3v) is 2.46. The first kappa shape index (κ1) is 14.2. The van der Waals surface area contributed by atoms with Crippen molar-refractivity contribution in [2.45, 2.75) is 0 Å². The van der Waals surface area contributed by atoms with E-state index in [1.807, 2.05) is 0 Å². The fraction of sp³-hybridized carbons (Fsp3) is 0. The van der Waals surface area contributed by atoms with Gasteiger partial charge in [-0.1, -0.05) is 13.2 Å². The van der Waals surface area contributed by atoms with Gasteiger partial charge in [-0.05, 0) is 0 Å². The molecule has 0 bridgehead atoms. The highest BCUT2D eigenvalue weighted by molar-refractivity contribution is 6.15. The van der Waals surface area contributed by atoms with Crippen LogP contribution in [0.25, 0.3) is 0 Å². The number of rotatable bonds is 4. The predicted octanol–water partition coefficient (Wildman–Crippen LogP) is 1.18. The summed E-state index contributed by atoms with van der Waals surface area (Å²) in [5.41, 5.74) is -0.185. The summed E-state index contributed by atoms with van der Waals surface area (Å²) >= 11 is 0. The molecule has 0 N–H and O–H groups in total. The quantitative estimate of drug-likeness (QED) is 0.355. The van der Waals surface area contributed by atoms with Gasteiger partial charge in [-0.25, -0.2) is 19.2 Å². The number of carbonyl (C=O) groups excluding carboxylic acids is 4. The fourth-order valence-electron chi connectivity index (χ4n) is 1.55. The minimum Gasteiger partial charge on any atom is -0.419 e. The molecule has 0 aliphatic carbocycles. The molecule has 21 heavy (non-hydrogen) atoms. The summed E-state index contributed by atoms with van der Waals surface area (Å²) < 4.78 is 14.1. The first-order valence-corrected chi connectivity index (χ1v) is 5.59. The van der Waals surface area contributed by atoms with Gasteiger partial charge in [0.1, 0.15) is 0 Å². The largest absolute Gasteiger partial charge is 0.419 e. The summed E-state index contributed by atoms with van der Waals surface area (Å²) in [6, 6.07) is 2.16. The van der Waals surface area contributed by atoms with Crippen molar-refractivity contribution in [3.63, 3.8) is 0 Å². The highest BCUT2D eigenvalue weighted by Gasteiger charge is 2.32. The van der Waals surface area contributed by atoms with Crippen LogP contribution in [-0.4, -0.2) is 23.9 Å². The third-order valence-electron chi connectivity index (χ3n) is 2.46. The Kier molecular flexibility index (Phi) is 3.66. The van der Waals surface area contributed by atoms with Crippen LogP contribution in [0, 0.1) is 0 Å². The van der Waals surface area contributed by atoms with Gasteiger partial charge in [-0.15, -0.1) is 0 Å². The molecule has 1 heterocycles. The van der Waals surface area contributed by atoms with Crippen LogP contribution in [0.15, 0.2) is 37.4 Å². The summed E-state index contributed by atoms with van der Waals surface area (Å²) in [5, 5.41) is 0. The Hall–Kier alpha value is -3.22. The molecule has 1 aromatic carbocycles. The number of carbonyl (C=O) groups is 4. The Bertz CT molecular complexity index is 641. The molecular formula is C14H8O7. The Balaban J connectivity index is 2.52. The maximum Gasteiger partial charge on any atom is 0.347 e. The lowest BCUT2D eigenvalue weighted by Crippen LogP contribution is -2.10. The van der Waals surface area contributed by atoms with E-state index in [4.69, 9.17) is 9.47 Å². The van der Waals surface area contributed by atoms with Gasteiger partial charge in [-0.2, -0.15) is 0 Å². The third kappa shape index (κ3) is 2.71. The molecule has 0 unspecified atom stereocenters. The van der Waals surface area contributed by atoms with Gasteiger partial charge in [-0.3, -0.25) is 0 Å². The lowest BCUT2D eigenvalue weighted by molar-refractivity contribution is -0.131. The smallest absolute Gasteiger partial charge is 0.347 e. The second kappa shape index (κ2) is 5.41. The van der Waals surface area contributed by atoms with Crippen molar-refractivity contribution in [3.05, 3.63) is 48.6 Å². The van der Waals surface area contributed by atoms with E-state index in [1.165, 1.54) is 0 Å². The zero-order valence-electron chi connectivity index (χ0n) is 10.6. The minimum atomic E-state index is -0.882. The van der Waals surface area contributed by atoms with Crippen molar-refractivity contribution in [1.29, 1.82) is 0 Å². The van der Waals surface area contributed by atoms with Crippen molar-refractivity contribution in [2.75, 3.05) is 0 Å². The van der Waals surface area contributed by atoms with Crippen LogP contribution in [0.2, 0.25) is 0 Å². The van der Waals surface area contributed by atoms with Crippen LogP contribution in [0.5, 0.6) is 11.5 Å². The van der Waals surface area contributed by atoms with Crippen molar-refractivity contribution < 1.29 is 33.4 Å². The zero-order chi connectivity index (χ0) is 15.6. The van der Waals surface area contributed by atoms with E-state index in [9.17, 15) is 19.2 Å². The van der Waals surface area contributed by atoms with Gasteiger partial charge in [0.15, 0.2) is 11.5 Å². The molecular weight excluding hydrogens is 280 g/mol. The van der Waals surface area contributed by atoms with E-state index in [0.29, 0.717) is 0 Å². The molecule has 106 valence electrons. The van der Waals surface area contributed by atoms with Gasteiger partial charge in [0.05, 0.1) is 11.1 Å². The summed E-state index contributed by atoms with van der Waals surface area (Å²) in [6.45, 7) is 6.44. The topological polar surface area (TPSA) is 96.0 Å². The van der Waals surface area contributed by atoms with E-state index < -0.39 is 23.9 Å². The maximum atomic E-state index is 11.4. The number of benzene rings is 1. The van der Waals surface area contributed by atoms with Crippen LogP contribution in [0.4, 0.5) is 0 Å². The lowest BCUT2D eigenvalue weighted by Gasteiger charge is -2.09. The van der Waals surface area contributed by atoms with Gasteiger partial charge in [0, 0.05) is 24.3 Å². The number of ether oxygens (including phenoxy) is 3. The van der Waals surface area contributed by atoms with Crippen molar-refractivity contribution in [1.82, 2.24) is 0 Å². The van der Waals surface area contributed by atoms with Crippen molar-refractivity contribution >= 4 is 23.9 Å². The highest BCUT2D eigenvalue weighted by Crippen LogP contribution is 2.34.